The van der Waals surface area contributed by atoms with Crippen molar-refractivity contribution in [2.45, 2.75) is 44.1 Å². The van der Waals surface area contributed by atoms with E-state index in [2.05, 4.69) is 12.2 Å². The average Bonchev–Trinajstić information content (AvgIpc) is 2.98. The molecule has 1 N–H and O–H groups in total. The molecule has 18 heavy (non-hydrogen) atoms. The number of hydrogen-bond donors (Lipinski definition) is 1. The summed E-state index contributed by atoms with van der Waals surface area (Å²) in [5.74, 6) is 1.26. The van der Waals surface area contributed by atoms with E-state index < -0.39 is 10.8 Å². The second-order valence-electron chi connectivity index (χ2n) is 5.24. The summed E-state index contributed by atoms with van der Waals surface area (Å²) >= 11 is 0. The fraction of sp³-hybridized carbons (Fsp3) is 1.00. The van der Waals surface area contributed by atoms with Gasteiger partial charge in [0, 0.05) is 41.7 Å². The highest BCUT2D eigenvalue weighted by Gasteiger charge is 2.33. The van der Waals surface area contributed by atoms with E-state index in [1.807, 2.05) is 6.92 Å². The molecular formula is C13H25NO3S. The normalized spacial score (nSPS) is 35.8. The number of hydrogen-bond acceptors (Lipinski definition) is 4. The fourth-order valence-corrected chi connectivity index (χ4v) is 4.71. The fourth-order valence-electron chi connectivity index (χ4n) is 2.85. The Balaban J connectivity index is 1.89. The van der Waals surface area contributed by atoms with Gasteiger partial charge in [0.25, 0.3) is 0 Å². The molecule has 4 nitrogen and oxygen atoms in total. The molecule has 0 amide bonds. The van der Waals surface area contributed by atoms with Crippen molar-refractivity contribution in [2.75, 3.05) is 32.1 Å². The molecule has 0 aromatic heterocycles. The SMILES string of the molecule is CCNC(CS(=O)C1CCOC1C)C1CCOC1. The Morgan fingerprint density at radius 3 is 2.78 bits per heavy atom. The Labute approximate surface area is 112 Å². The summed E-state index contributed by atoms with van der Waals surface area (Å²) in [7, 11) is -0.796. The summed E-state index contributed by atoms with van der Waals surface area (Å²) in [6.45, 7) is 7.49. The maximum atomic E-state index is 12.4. The van der Waals surface area contributed by atoms with Gasteiger partial charge in [0.1, 0.15) is 0 Å². The van der Waals surface area contributed by atoms with Gasteiger partial charge in [-0.05, 0) is 26.3 Å². The molecule has 5 heteroatoms. The van der Waals surface area contributed by atoms with Crippen LogP contribution >= 0.6 is 0 Å². The first-order valence-electron chi connectivity index (χ1n) is 7.02. The van der Waals surface area contributed by atoms with E-state index in [4.69, 9.17) is 9.47 Å². The van der Waals surface area contributed by atoms with Crippen molar-refractivity contribution < 1.29 is 13.7 Å². The smallest absolute Gasteiger partial charge is 0.0691 e. The molecule has 2 rings (SSSR count). The van der Waals surface area contributed by atoms with Gasteiger partial charge in [0.15, 0.2) is 0 Å². The van der Waals surface area contributed by atoms with Crippen molar-refractivity contribution in [1.82, 2.24) is 5.32 Å². The van der Waals surface area contributed by atoms with E-state index in [9.17, 15) is 4.21 Å². The molecule has 0 aromatic rings. The highest BCUT2D eigenvalue weighted by Crippen LogP contribution is 2.22. The second-order valence-corrected chi connectivity index (χ2v) is 6.94. The Kier molecular flexibility index (Phi) is 5.60. The van der Waals surface area contributed by atoms with Crippen LogP contribution in [0.4, 0.5) is 0 Å². The zero-order valence-electron chi connectivity index (χ0n) is 11.4. The van der Waals surface area contributed by atoms with Gasteiger partial charge in [-0.15, -0.1) is 0 Å². The maximum absolute atomic E-state index is 12.4. The largest absolute Gasteiger partial charge is 0.381 e. The molecular weight excluding hydrogens is 250 g/mol. The van der Waals surface area contributed by atoms with Crippen LogP contribution < -0.4 is 5.32 Å². The zero-order valence-corrected chi connectivity index (χ0v) is 12.2. The minimum atomic E-state index is -0.796. The highest BCUT2D eigenvalue weighted by molar-refractivity contribution is 7.85. The Morgan fingerprint density at radius 1 is 1.39 bits per heavy atom. The Morgan fingerprint density at radius 2 is 2.22 bits per heavy atom. The highest BCUT2D eigenvalue weighted by atomic mass is 32.2. The molecule has 0 aromatic carbocycles. The van der Waals surface area contributed by atoms with Crippen LogP contribution in [0.15, 0.2) is 0 Å². The van der Waals surface area contributed by atoms with E-state index in [0.29, 0.717) is 12.0 Å². The summed E-state index contributed by atoms with van der Waals surface area (Å²) < 4.78 is 23.4. The molecule has 2 aliphatic heterocycles. The molecule has 2 saturated heterocycles. The molecule has 2 aliphatic rings. The van der Waals surface area contributed by atoms with Gasteiger partial charge < -0.3 is 14.8 Å². The van der Waals surface area contributed by atoms with E-state index in [-0.39, 0.29) is 11.4 Å². The van der Waals surface area contributed by atoms with Crippen LogP contribution in [0.1, 0.15) is 26.7 Å². The summed E-state index contributed by atoms with van der Waals surface area (Å²) in [4.78, 5) is 0. The van der Waals surface area contributed by atoms with Crippen molar-refractivity contribution in [3.63, 3.8) is 0 Å². The standard InChI is InChI=1S/C13H25NO3S/c1-3-14-12(11-4-6-16-8-11)9-18(15)13-5-7-17-10(13)2/h10-14H,3-9H2,1-2H3. The molecule has 0 aliphatic carbocycles. The second kappa shape index (κ2) is 6.98. The number of nitrogens with one attached hydrogen (secondary N) is 1. The molecule has 0 radical (unpaired) electrons. The monoisotopic (exact) mass is 275 g/mol. The maximum Gasteiger partial charge on any atom is 0.0691 e. The lowest BCUT2D eigenvalue weighted by molar-refractivity contribution is 0.127. The third-order valence-electron chi connectivity index (χ3n) is 3.99. The lowest BCUT2D eigenvalue weighted by Crippen LogP contribution is -2.43. The van der Waals surface area contributed by atoms with Crippen LogP contribution in [-0.4, -0.2) is 53.7 Å². The van der Waals surface area contributed by atoms with Crippen LogP contribution in [0.25, 0.3) is 0 Å². The van der Waals surface area contributed by atoms with Crippen molar-refractivity contribution in [3.8, 4) is 0 Å². The van der Waals surface area contributed by atoms with Gasteiger partial charge in [-0.3, -0.25) is 4.21 Å². The minimum Gasteiger partial charge on any atom is -0.381 e. The molecule has 5 unspecified atom stereocenters. The Hall–Kier alpha value is 0.0300. The summed E-state index contributed by atoms with van der Waals surface area (Å²) in [6, 6.07) is 0.325. The van der Waals surface area contributed by atoms with E-state index in [1.165, 1.54) is 0 Å². The lowest BCUT2D eigenvalue weighted by Gasteiger charge is -2.25. The molecule has 106 valence electrons. The summed E-state index contributed by atoms with van der Waals surface area (Å²) in [5.41, 5.74) is 0. The van der Waals surface area contributed by atoms with Crippen LogP contribution in [0.3, 0.4) is 0 Å². The third-order valence-corrected chi connectivity index (χ3v) is 5.97. The molecule has 2 fully saturated rings. The number of rotatable bonds is 6. The van der Waals surface area contributed by atoms with Crippen molar-refractivity contribution in [1.29, 1.82) is 0 Å². The van der Waals surface area contributed by atoms with Gasteiger partial charge in [0.05, 0.1) is 18.0 Å². The van der Waals surface area contributed by atoms with Gasteiger partial charge >= 0.3 is 0 Å². The topological polar surface area (TPSA) is 47.6 Å². The van der Waals surface area contributed by atoms with E-state index >= 15 is 0 Å². The van der Waals surface area contributed by atoms with Gasteiger partial charge in [-0.1, -0.05) is 6.92 Å². The van der Waals surface area contributed by atoms with Crippen LogP contribution in [-0.2, 0) is 20.3 Å². The zero-order chi connectivity index (χ0) is 13.0. The summed E-state index contributed by atoms with van der Waals surface area (Å²) in [6.07, 6.45) is 2.17. The lowest BCUT2D eigenvalue weighted by atomic mass is 10.0. The van der Waals surface area contributed by atoms with Gasteiger partial charge in [-0.25, -0.2) is 0 Å². The molecule has 2 heterocycles. The van der Waals surface area contributed by atoms with Crippen molar-refractivity contribution in [3.05, 3.63) is 0 Å². The van der Waals surface area contributed by atoms with E-state index in [1.54, 1.807) is 0 Å². The molecule has 5 atom stereocenters. The van der Waals surface area contributed by atoms with Gasteiger partial charge in [-0.2, -0.15) is 0 Å². The Bertz CT molecular complexity index is 281. The van der Waals surface area contributed by atoms with Crippen molar-refractivity contribution in [2.24, 2.45) is 5.92 Å². The molecule has 0 spiro atoms. The molecule has 0 saturated carbocycles. The van der Waals surface area contributed by atoms with E-state index in [0.717, 1.165) is 45.0 Å². The van der Waals surface area contributed by atoms with Crippen molar-refractivity contribution >= 4 is 10.8 Å². The predicted molar refractivity (Wildman–Crippen MR) is 73.2 cm³/mol. The first-order chi connectivity index (χ1) is 8.72. The summed E-state index contributed by atoms with van der Waals surface area (Å²) in [5, 5.41) is 3.70. The average molecular weight is 275 g/mol. The quantitative estimate of drug-likeness (QED) is 0.783. The predicted octanol–water partition coefficient (Wildman–Crippen LogP) is 0.927. The molecule has 0 bridgehead atoms. The van der Waals surface area contributed by atoms with Crippen LogP contribution in [0.2, 0.25) is 0 Å². The van der Waals surface area contributed by atoms with Gasteiger partial charge in [0.2, 0.25) is 0 Å². The van der Waals surface area contributed by atoms with Crippen LogP contribution in [0, 0.1) is 5.92 Å². The van der Waals surface area contributed by atoms with Crippen LogP contribution in [0.5, 0.6) is 0 Å². The third kappa shape index (κ3) is 3.53. The first-order valence-corrected chi connectivity index (χ1v) is 8.40. The first kappa shape index (κ1) is 14.4. The minimum absolute atomic E-state index is 0.146. The number of ether oxygens (including phenoxy) is 2.